The van der Waals surface area contributed by atoms with Crippen LogP contribution in [0.2, 0.25) is 0 Å². The van der Waals surface area contributed by atoms with Crippen LogP contribution in [0.5, 0.6) is 0 Å². The topological polar surface area (TPSA) is 93.7 Å². The summed E-state index contributed by atoms with van der Waals surface area (Å²) in [6.07, 6.45) is 0.813. The Labute approximate surface area is 204 Å². The van der Waals surface area contributed by atoms with Crippen LogP contribution < -0.4 is 10.6 Å². The minimum atomic E-state index is -1.03. The van der Waals surface area contributed by atoms with Crippen LogP contribution in [0, 0.1) is 22.9 Å². The lowest BCUT2D eigenvalue weighted by Crippen LogP contribution is -2.31. The average molecular weight is 497 g/mol. The fraction of sp³-hybridized carbons (Fsp3) is 0.192. The molecule has 0 fully saturated rings. The fourth-order valence-corrected chi connectivity index (χ4v) is 3.76. The molecule has 1 aromatic heterocycles. The average Bonchev–Trinajstić information content (AvgIpc) is 3.28. The third-order valence-corrected chi connectivity index (χ3v) is 5.64. The predicted molar refractivity (Wildman–Crippen MR) is 129 cm³/mol. The number of halogens is 4. The van der Waals surface area contributed by atoms with E-state index in [0.717, 1.165) is 23.3 Å². The van der Waals surface area contributed by atoms with Crippen LogP contribution in [-0.4, -0.2) is 34.9 Å². The Hall–Kier alpha value is -4.21. The minimum absolute atomic E-state index is 0.212. The molecule has 10 heteroatoms. The number of nitrogens with one attached hydrogen (secondary N) is 4. The number of alkyl halides is 1. The number of fused-ring (bicyclic) bond motifs is 1. The van der Waals surface area contributed by atoms with Crippen LogP contribution in [0.1, 0.15) is 35.1 Å². The molecular weight excluding hydrogens is 474 g/mol. The van der Waals surface area contributed by atoms with Crippen LogP contribution in [-0.2, 0) is 0 Å². The van der Waals surface area contributed by atoms with Gasteiger partial charge in [0.25, 0.3) is 5.91 Å². The van der Waals surface area contributed by atoms with Gasteiger partial charge in [0.1, 0.15) is 24.2 Å². The van der Waals surface area contributed by atoms with Gasteiger partial charge in [-0.3, -0.25) is 10.2 Å². The van der Waals surface area contributed by atoms with Crippen molar-refractivity contribution in [2.24, 2.45) is 0 Å². The van der Waals surface area contributed by atoms with Gasteiger partial charge < -0.3 is 15.6 Å². The first-order valence-electron chi connectivity index (χ1n) is 11.2. The maximum atomic E-state index is 13.7. The van der Waals surface area contributed by atoms with Crippen LogP contribution in [0.3, 0.4) is 0 Å². The smallest absolute Gasteiger partial charge is 0.251 e. The fourth-order valence-electron chi connectivity index (χ4n) is 3.76. The molecule has 36 heavy (non-hydrogen) atoms. The lowest BCUT2D eigenvalue weighted by atomic mass is 10.0. The Kier molecular flexibility index (Phi) is 7.62. The Morgan fingerprint density at radius 3 is 2.28 bits per heavy atom. The van der Waals surface area contributed by atoms with E-state index in [1.807, 2.05) is 0 Å². The maximum Gasteiger partial charge on any atom is 0.251 e. The number of aromatic nitrogens is 2. The van der Waals surface area contributed by atoms with E-state index >= 15 is 0 Å². The van der Waals surface area contributed by atoms with Gasteiger partial charge in [-0.1, -0.05) is 24.3 Å². The van der Waals surface area contributed by atoms with Crippen molar-refractivity contribution in [1.29, 1.82) is 5.41 Å². The van der Waals surface area contributed by atoms with E-state index in [9.17, 15) is 22.4 Å². The largest absolute Gasteiger partial charge is 0.372 e. The van der Waals surface area contributed by atoms with Crippen LogP contribution in [0.25, 0.3) is 22.2 Å². The molecule has 0 aliphatic carbocycles. The summed E-state index contributed by atoms with van der Waals surface area (Å²) in [5, 5.41) is 12.9. The third-order valence-electron chi connectivity index (χ3n) is 5.64. The van der Waals surface area contributed by atoms with Gasteiger partial charge in [-0.25, -0.2) is 22.5 Å². The summed E-state index contributed by atoms with van der Waals surface area (Å²) in [7, 11) is 0. The highest BCUT2D eigenvalue weighted by atomic mass is 19.2. The molecule has 4 aromatic rings. The first kappa shape index (κ1) is 24.9. The Morgan fingerprint density at radius 1 is 0.972 bits per heavy atom. The van der Waals surface area contributed by atoms with Gasteiger partial charge in [-0.2, -0.15) is 0 Å². The van der Waals surface area contributed by atoms with Crippen molar-refractivity contribution in [1.82, 2.24) is 20.6 Å². The number of rotatable bonds is 9. The summed E-state index contributed by atoms with van der Waals surface area (Å²) in [5.74, 6) is -2.72. The maximum absolute atomic E-state index is 13.7. The normalized spacial score (nSPS) is 11.9. The van der Waals surface area contributed by atoms with Crippen molar-refractivity contribution in [2.45, 2.75) is 18.9 Å². The highest BCUT2D eigenvalue weighted by Gasteiger charge is 2.20. The van der Waals surface area contributed by atoms with Gasteiger partial charge in [-0.05, 0) is 48.2 Å². The third kappa shape index (κ3) is 5.88. The van der Waals surface area contributed by atoms with Crippen LogP contribution in [0.4, 0.5) is 17.6 Å². The monoisotopic (exact) mass is 497 g/mol. The zero-order chi connectivity index (χ0) is 25.7. The van der Waals surface area contributed by atoms with Crippen molar-refractivity contribution in [2.75, 3.05) is 13.2 Å². The molecule has 6 nitrogen and oxygen atoms in total. The number of carbonyl (C=O) groups is 1. The summed E-state index contributed by atoms with van der Waals surface area (Å²) in [6.45, 7) is -0.611. The molecule has 4 rings (SSSR count). The van der Waals surface area contributed by atoms with Gasteiger partial charge >= 0.3 is 0 Å². The molecule has 0 radical (unpaired) electrons. The number of imidazole rings is 1. The zero-order valence-electron chi connectivity index (χ0n) is 19.0. The molecule has 1 amide bonds. The molecule has 0 saturated carbocycles. The highest BCUT2D eigenvalue weighted by Crippen LogP contribution is 2.24. The van der Waals surface area contributed by atoms with E-state index in [1.54, 1.807) is 36.4 Å². The van der Waals surface area contributed by atoms with Gasteiger partial charge in [0.05, 0.1) is 17.1 Å². The first-order chi connectivity index (χ1) is 17.3. The number of hydrogen-bond acceptors (Lipinski definition) is 3. The summed E-state index contributed by atoms with van der Waals surface area (Å²) < 4.78 is 53.0. The Balaban J connectivity index is 1.52. The van der Waals surface area contributed by atoms with E-state index in [2.05, 4.69) is 20.6 Å². The second-order valence-corrected chi connectivity index (χ2v) is 8.20. The Morgan fingerprint density at radius 2 is 1.61 bits per heavy atom. The molecule has 0 aliphatic heterocycles. The first-order valence-corrected chi connectivity index (χ1v) is 11.2. The molecule has 0 bridgehead atoms. The number of nitrogens with zero attached hydrogens (tertiary/aromatic N) is 1. The van der Waals surface area contributed by atoms with Crippen molar-refractivity contribution in [3.8, 4) is 11.1 Å². The summed E-state index contributed by atoms with van der Waals surface area (Å²) >= 11 is 0. The number of hydrogen-bond donors (Lipinski definition) is 4. The molecule has 3 aromatic carbocycles. The second-order valence-electron chi connectivity index (χ2n) is 8.20. The van der Waals surface area contributed by atoms with Gasteiger partial charge in [0, 0.05) is 24.2 Å². The van der Waals surface area contributed by atoms with Gasteiger partial charge in [0.2, 0.25) is 0 Å². The van der Waals surface area contributed by atoms with Gasteiger partial charge in [0.15, 0.2) is 11.6 Å². The Bertz CT molecular complexity index is 1330. The van der Waals surface area contributed by atoms with Crippen LogP contribution in [0.15, 0.2) is 60.7 Å². The molecule has 0 aliphatic rings. The lowest BCUT2D eigenvalue weighted by Gasteiger charge is -2.17. The number of H-pyrrole nitrogens is 1. The number of carbonyl (C=O) groups excluding carboxylic acids is 1. The summed E-state index contributed by atoms with van der Waals surface area (Å²) in [6, 6.07) is 14.1. The molecular formula is C26H23F4N5O. The molecule has 186 valence electrons. The van der Waals surface area contributed by atoms with Crippen molar-refractivity contribution >= 4 is 22.8 Å². The number of benzene rings is 3. The summed E-state index contributed by atoms with van der Waals surface area (Å²) in [5.41, 5.74) is 2.48. The van der Waals surface area contributed by atoms with Crippen molar-refractivity contribution in [3.63, 3.8) is 0 Å². The lowest BCUT2D eigenvalue weighted by molar-refractivity contribution is 0.0932. The quantitative estimate of drug-likeness (QED) is 0.107. The second kappa shape index (κ2) is 11.0. The van der Waals surface area contributed by atoms with E-state index in [0.29, 0.717) is 30.8 Å². The number of aromatic amines is 1. The van der Waals surface area contributed by atoms with Gasteiger partial charge in [-0.15, -0.1) is 0 Å². The molecule has 4 N–H and O–H groups in total. The standard InChI is InChI=1S/C26H23F4N5O/c27-14-24(31)32-11-1-2-21(25-33-22-12-19(29)20(30)13-23(22)34-25)35-26(36)17-5-3-15(4-6-17)16-7-9-18(28)10-8-16/h3-10,12-13,21H,1-2,11,14H2,(H2,31,32)(H,33,34)(H,35,36). The van der Waals surface area contributed by atoms with Crippen molar-refractivity contribution < 1.29 is 22.4 Å². The van der Waals surface area contributed by atoms with Crippen molar-refractivity contribution in [3.05, 3.63) is 89.5 Å². The zero-order valence-corrected chi connectivity index (χ0v) is 19.0. The minimum Gasteiger partial charge on any atom is -0.372 e. The predicted octanol–water partition coefficient (Wildman–Crippen LogP) is 5.43. The molecule has 0 spiro atoms. The van der Waals surface area contributed by atoms with E-state index < -0.39 is 30.3 Å². The van der Waals surface area contributed by atoms with E-state index in [-0.39, 0.29) is 22.7 Å². The molecule has 0 saturated heterocycles. The SMILES string of the molecule is N=C(CF)NCCCC(NC(=O)c1ccc(-c2ccc(F)cc2)cc1)c1nc2cc(F)c(F)cc2[nH]1. The van der Waals surface area contributed by atoms with E-state index in [1.165, 1.54) is 12.1 Å². The van der Waals surface area contributed by atoms with Crippen LogP contribution >= 0.6 is 0 Å². The van der Waals surface area contributed by atoms with E-state index in [4.69, 9.17) is 5.41 Å². The number of amides is 1. The molecule has 1 atom stereocenters. The highest BCUT2D eigenvalue weighted by molar-refractivity contribution is 5.95. The molecule has 1 unspecified atom stereocenters. The number of amidine groups is 1. The summed E-state index contributed by atoms with van der Waals surface area (Å²) in [4.78, 5) is 20.3. The molecule has 1 heterocycles.